The molecule has 2 saturated carbocycles. The Morgan fingerprint density at radius 3 is 2.81 bits per heavy atom. The van der Waals surface area contributed by atoms with E-state index in [9.17, 15) is 0 Å². The molecule has 0 bridgehead atoms. The average Bonchev–Trinajstić information content (AvgIpc) is 3.02. The van der Waals surface area contributed by atoms with Crippen molar-refractivity contribution in [3.63, 3.8) is 0 Å². The highest BCUT2D eigenvalue weighted by molar-refractivity contribution is 7.99. The molecule has 0 radical (unpaired) electrons. The molecule has 21 heavy (non-hydrogen) atoms. The SMILES string of the molecule is CCCNC(Cc1nc(CSC2CCCC2)no1)C1CC1. The first-order valence-corrected chi connectivity index (χ1v) is 9.56. The van der Waals surface area contributed by atoms with Crippen molar-refractivity contribution < 1.29 is 4.52 Å². The van der Waals surface area contributed by atoms with Crippen molar-refractivity contribution in [2.75, 3.05) is 6.54 Å². The lowest BCUT2D eigenvalue weighted by Gasteiger charge is -2.15. The minimum absolute atomic E-state index is 0.528. The van der Waals surface area contributed by atoms with Crippen molar-refractivity contribution in [1.82, 2.24) is 15.5 Å². The highest BCUT2D eigenvalue weighted by Crippen LogP contribution is 2.34. The first-order valence-electron chi connectivity index (χ1n) is 8.51. The number of thioether (sulfide) groups is 1. The van der Waals surface area contributed by atoms with Gasteiger partial charge in [-0.25, -0.2) is 0 Å². The number of aromatic nitrogens is 2. The summed E-state index contributed by atoms with van der Waals surface area (Å²) in [5.41, 5.74) is 0. The second-order valence-electron chi connectivity index (χ2n) is 6.42. The molecule has 0 aliphatic heterocycles. The number of nitrogens with zero attached hydrogens (tertiary/aromatic N) is 2. The molecule has 1 aromatic heterocycles. The van der Waals surface area contributed by atoms with Crippen LogP contribution < -0.4 is 5.32 Å². The number of hydrogen-bond donors (Lipinski definition) is 1. The molecule has 2 fully saturated rings. The second kappa shape index (κ2) is 7.63. The van der Waals surface area contributed by atoms with E-state index in [0.717, 1.165) is 41.6 Å². The lowest BCUT2D eigenvalue weighted by molar-refractivity contribution is 0.343. The quantitative estimate of drug-likeness (QED) is 0.756. The maximum atomic E-state index is 5.45. The van der Waals surface area contributed by atoms with E-state index < -0.39 is 0 Å². The van der Waals surface area contributed by atoms with Crippen molar-refractivity contribution in [1.29, 1.82) is 0 Å². The van der Waals surface area contributed by atoms with Gasteiger partial charge in [0.2, 0.25) is 5.89 Å². The van der Waals surface area contributed by atoms with E-state index in [4.69, 9.17) is 4.52 Å². The smallest absolute Gasteiger partial charge is 0.228 e. The van der Waals surface area contributed by atoms with Gasteiger partial charge in [0, 0.05) is 17.7 Å². The summed E-state index contributed by atoms with van der Waals surface area (Å²) in [7, 11) is 0. The van der Waals surface area contributed by atoms with Gasteiger partial charge < -0.3 is 9.84 Å². The fourth-order valence-corrected chi connectivity index (χ4v) is 4.27. The van der Waals surface area contributed by atoms with E-state index in [1.807, 2.05) is 11.8 Å². The summed E-state index contributed by atoms with van der Waals surface area (Å²) in [6.07, 6.45) is 10.3. The van der Waals surface area contributed by atoms with Crippen LogP contribution in [-0.4, -0.2) is 28.0 Å². The predicted molar refractivity (Wildman–Crippen MR) is 86.4 cm³/mol. The van der Waals surface area contributed by atoms with E-state index in [-0.39, 0.29) is 0 Å². The van der Waals surface area contributed by atoms with Gasteiger partial charge in [-0.05, 0) is 44.6 Å². The molecule has 1 atom stereocenters. The zero-order valence-corrected chi connectivity index (χ0v) is 13.8. The summed E-state index contributed by atoms with van der Waals surface area (Å²) >= 11 is 2.00. The molecular formula is C16H27N3OS. The van der Waals surface area contributed by atoms with Gasteiger partial charge in [-0.15, -0.1) is 0 Å². The van der Waals surface area contributed by atoms with Gasteiger partial charge in [0.25, 0.3) is 0 Å². The molecule has 118 valence electrons. The van der Waals surface area contributed by atoms with Crippen molar-refractivity contribution in [2.45, 2.75) is 75.3 Å². The Bertz CT molecular complexity index is 427. The Labute approximate surface area is 131 Å². The normalized spacial score (nSPS) is 21.0. The van der Waals surface area contributed by atoms with E-state index in [2.05, 4.69) is 22.4 Å². The van der Waals surface area contributed by atoms with Gasteiger partial charge in [0.1, 0.15) is 0 Å². The molecule has 0 saturated heterocycles. The van der Waals surface area contributed by atoms with Crippen LogP contribution in [0.4, 0.5) is 0 Å². The predicted octanol–water partition coefficient (Wildman–Crippen LogP) is 3.57. The first-order chi connectivity index (χ1) is 10.3. The Morgan fingerprint density at radius 1 is 1.29 bits per heavy atom. The van der Waals surface area contributed by atoms with Gasteiger partial charge in [-0.2, -0.15) is 16.7 Å². The Morgan fingerprint density at radius 2 is 2.10 bits per heavy atom. The van der Waals surface area contributed by atoms with Gasteiger partial charge in [-0.1, -0.05) is 24.9 Å². The van der Waals surface area contributed by atoms with Crippen LogP contribution in [0.1, 0.15) is 63.6 Å². The molecule has 0 aromatic carbocycles. The van der Waals surface area contributed by atoms with E-state index in [1.54, 1.807) is 0 Å². The van der Waals surface area contributed by atoms with Crippen LogP contribution >= 0.6 is 11.8 Å². The molecule has 4 nitrogen and oxygen atoms in total. The summed E-state index contributed by atoms with van der Waals surface area (Å²) < 4.78 is 5.45. The topological polar surface area (TPSA) is 51.0 Å². The largest absolute Gasteiger partial charge is 0.339 e. The molecule has 0 spiro atoms. The zero-order valence-electron chi connectivity index (χ0n) is 13.0. The fourth-order valence-electron chi connectivity index (χ4n) is 3.10. The monoisotopic (exact) mass is 309 g/mol. The fraction of sp³-hybridized carbons (Fsp3) is 0.875. The molecule has 1 unspecified atom stereocenters. The standard InChI is InChI=1S/C16H27N3OS/c1-2-9-17-14(12-7-8-12)10-16-18-15(19-20-16)11-21-13-5-3-4-6-13/h12-14,17H,2-11H2,1H3. The van der Waals surface area contributed by atoms with Crippen LogP contribution in [0.3, 0.4) is 0 Å². The van der Waals surface area contributed by atoms with Gasteiger partial charge in [0.05, 0.1) is 5.75 Å². The molecule has 5 heteroatoms. The summed E-state index contributed by atoms with van der Waals surface area (Å²) in [6.45, 7) is 3.29. The van der Waals surface area contributed by atoms with E-state index >= 15 is 0 Å². The summed E-state index contributed by atoms with van der Waals surface area (Å²) in [5, 5.41) is 8.61. The Balaban J connectivity index is 1.46. The van der Waals surface area contributed by atoms with Crippen LogP contribution in [0, 0.1) is 5.92 Å². The van der Waals surface area contributed by atoms with E-state index in [0.29, 0.717) is 6.04 Å². The van der Waals surface area contributed by atoms with Gasteiger partial charge >= 0.3 is 0 Å². The third-order valence-electron chi connectivity index (χ3n) is 4.50. The highest BCUT2D eigenvalue weighted by Gasteiger charge is 2.32. The van der Waals surface area contributed by atoms with E-state index in [1.165, 1.54) is 44.9 Å². The van der Waals surface area contributed by atoms with Crippen LogP contribution in [0.2, 0.25) is 0 Å². The van der Waals surface area contributed by atoms with Crippen LogP contribution in [-0.2, 0) is 12.2 Å². The molecule has 1 aromatic rings. The zero-order chi connectivity index (χ0) is 14.5. The molecule has 3 rings (SSSR count). The number of rotatable bonds is 9. The third kappa shape index (κ3) is 4.71. The van der Waals surface area contributed by atoms with Crippen LogP contribution in [0.15, 0.2) is 4.52 Å². The average molecular weight is 309 g/mol. The Kier molecular flexibility index (Phi) is 5.58. The van der Waals surface area contributed by atoms with Crippen molar-refractivity contribution in [3.05, 3.63) is 11.7 Å². The molecule has 2 aliphatic rings. The van der Waals surface area contributed by atoms with Crippen molar-refractivity contribution >= 4 is 11.8 Å². The lowest BCUT2D eigenvalue weighted by atomic mass is 10.1. The molecule has 1 heterocycles. The summed E-state index contributed by atoms with van der Waals surface area (Å²) in [6, 6.07) is 0.528. The molecule has 1 N–H and O–H groups in total. The maximum absolute atomic E-state index is 5.45. The van der Waals surface area contributed by atoms with Crippen molar-refractivity contribution in [3.8, 4) is 0 Å². The van der Waals surface area contributed by atoms with Gasteiger partial charge in [0.15, 0.2) is 5.82 Å². The molecular weight excluding hydrogens is 282 g/mol. The second-order valence-corrected chi connectivity index (χ2v) is 7.71. The molecule has 2 aliphatic carbocycles. The third-order valence-corrected chi connectivity index (χ3v) is 5.87. The summed E-state index contributed by atoms with van der Waals surface area (Å²) in [5.74, 6) is 3.43. The number of hydrogen-bond acceptors (Lipinski definition) is 5. The first kappa shape index (κ1) is 15.3. The minimum Gasteiger partial charge on any atom is -0.339 e. The minimum atomic E-state index is 0.528. The molecule has 0 amide bonds. The lowest BCUT2D eigenvalue weighted by Crippen LogP contribution is -2.33. The van der Waals surface area contributed by atoms with Crippen molar-refractivity contribution in [2.24, 2.45) is 5.92 Å². The van der Waals surface area contributed by atoms with Gasteiger partial charge in [-0.3, -0.25) is 0 Å². The van der Waals surface area contributed by atoms with Crippen LogP contribution in [0.5, 0.6) is 0 Å². The highest BCUT2D eigenvalue weighted by atomic mass is 32.2. The van der Waals surface area contributed by atoms with Crippen LogP contribution in [0.25, 0.3) is 0 Å². The summed E-state index contributed by atoms with van der Waals surface area (Å²) in [4.78, 5) is 4.59. The number of nitrogens with one attached hydrogen (secondary N) is 1. The maximum Gasteiger partial charge on any atom is 0.228 e. The Hall–Kier alpha value is -0.550.